The molecule has 33 heavy (non-hydrogen) atoms. The van der Waals surface area contributed by atoms with E-state index in [1.54, 1.807) is 0 Å². The molecule has 0 aromatic rings. The van der Waals surface area contributed by atoms with Crippen LogP contribution < -0.4 is 0 Å². The van der Waals surface area contributed by atoms with E-state index in [2.05, 4.69) is 20.8 Å². The molecular weight excluding hydrogens is 420 g/mol. The molecule has 6 heteroatoms. The summed E-state index contributed by atoms with van der Waals surface area (Å²) in [6.07, 6.45) is 7.04. The highest BCUT2D eigenvalue weighted by molar-refractivity contribution is 5.81. The molecule has 6 nitrogen and oxygen atoms in total. The average molecular weight is 463 g/mol. The highest BCUT2D eigenvalue weighted by Crippen LogP contribution is 2.69. The van der Waals surface area contributed by atoms with Gasteiger partial charge in [-0.15, -0.1) is 0 Å². The first-order valence-corrected chi connectivity index (χ1v) is 12.9. The second kappa shape index (κ2) is 8.66. The molecule has 0 saturated heterocycles. The summed E-state index contributed by atoms with van der Waals surface area (Å²) in [5.74, 6) is 1.49. The van der Waals surface area contributed by atoms with Gasteiger partial charge in [0.25, 0.3) is 0 Å². The van der Waals surface area contributed by atoms with Gasteiger partial charge in [-0.05, 0) is 67.6 Å². The molecule has 0 aliphatic heterocycles. The molecule has 4 rings (SSSR count). The number of rotatable bonds is 5. The Morgan fingerprint density at radius 2 is 1.88 bits per heavy atom. The Hall–Kier alpha value is -1.43. The van der Waals surface area contributed by atoms with Crippen LogP contribution >= 0.6 is 0 Å². The van der Waals surface area contributed by atoms with E-state index in [9.17, 15) is 19.5 Å². The van der Waals surface area contributed by atoms with E-state index >= 15 is 0 Å². The average Bonchev–Trinajstić information content (AvgIpc) is 3.09. The fourth-order valence-electron chi connectivity index (χ4n) is 8.97. The number of Topliss-reactive ketones (excluding diaryl/α,β-unsaturated/α-hetero) is 1. The second-order valence-corrected chi connectivity index (χ2v) is 12.1. The Morgan fingerprint density at radius 3 is 2.55 bits per heavy atom. The minimum Gasteiger partial charge on any atom is -0.469 e. The van der Waals surface area contributed by atoms with Crippen LogP contribution in [0.4, 0.5) is 0 Å². The Morgan fingerprint density at radius 1 is 1.15 bits per heavy atom. The molecule has 0 amide bonds. The summed E-state index contributed by atoms with van der Waals surface area (Å²) < 4.78 is 10.8. The van der Waals surface area contributed by atoms with E-state index in [0.717, 1.165) is 38.5 Å². The number of carbonyl (C=O) groups excluding carboxylic acids is 3. The SMILES string of the molecule is COC(=O)CC[C@@H](C)[C@H]1CC[C@H]2[C@@H]3[C@@H](OC(C)=O)C[C@]4(O)CC(=O)CC[C@]4(C)[C@H]3CC[C@]12C. The molecule has 0 heterocycles. The number of fused-ring (bicyclic) bond motifs is 5. The Bertz CT molecular complexity index is 808. The molecule has 4 aliphatic rings. The smallest absolute Gasteiger partial charge is 0.305 e. The minimum atomic E-state index is -1.09. The summed E-state index contributed by atoms with van der Waals surface area (Å²) in [6.45, 7) is 8.32. The molecule has 0 aromatic heterocycles. The third-order valence-corrected chi connectivity index (χ3v) is 10.7. The predicted octanol–water partition coefficient (Wildman–Crippen LogP) is 4.46. The van der Waals surface area contributed by atoms with Gasteiger partial charge in [0, 0.05) is 43.9 Å². The Balaban J connectivity index is 1.63. The van der Waals surface area contributed by atoms with Gasteiger partial charge in [0.1, 0.15) is 11.9 Å². The lowest BCUT2D eigenvalue weighted by molar-refractivity contribution is -0.240. The Labute approximate surface area is 198 Å². The van der Waals surface area contributed by atoms with Crippen LogP contribution in [-0.4, -0.2) is 41.6 Å². The van der Waals surface area contributed by atoms with Crippen molar-refractivity contribution < 1.29 is 29.0 Å². The molecule has 4 aliphatic carbocycles. The van der Waals surface area contributed by atoms with Gasteiger partial charge in [-0.25, -0.2) is 0 Å². The molecule has 0 unspecified atom stereocenters. The molecular formula is C27H42O6. The van der Waals surface area contributed by atoms with Crippen LogP contribution in [-0.2, 0) is 23.9 Å². The number of ketones is 1. The summed E-state index contributed by atoms with van der Waals surface area (Å²) >= 11 is 0. The summed E-state index contributed by atoms with van der Waals surface area (Å²) in [4.78, 5) is 36.2. The first-order chi connectivity index (χ1) is 15.4. The van der Waals surface area contributed by atoms with Crippen molar-refractivity contribution >= 4 is 17.7 Å². The third-order valence-electron chi connectivity index (χ3n) is 10.7. The molecule has 4 fully saturated rings. The van der Waals surface area contributed by atoms with Crippen LogP contribution in [0.3, 0.4) is 0 Å². The summed E-state index contributed by atoms with van der Waals surface area (Å²) in [7, 11) is 1.44. The molecule has 4 saturated carbocycles. The number of hydrogen-bond acceptors (Lipinski definition) is 6. The monoisotopic (exact) mass is 462 g/mol. The highest BCUT2D eigenvalue weighted by Gasteiger charge is 2.68. The Kier molecular flexibility index (Phi) is 6.48. The van der Waals surface area contributed by atoms with E-state index in [-0.39, 0.29) is 52.9 Å². The van der Waals surface area contributed by atoms with Crippen LogP contribution in [0.25, 0.3) is 0 Å². The molecule has 0 bridgehead atoms. The summed E-state index contributed by atoms with van der Waals surface area (Å²) in [5.41, 5.74) is -1.29. The van der Waals surface area contributed by atoms with Crippen LogP contribution in [0, 0.1) is 40.4 Å². The molecule has 0 aromatic carbocycles. The van der Waals surface area contributed by atoms with Gasteiger partial charge in [-0.2, -0.15) is 0 Å². The van der Waals surface area contributed by atoms with Gasteiger partial charge in [0.15, 0.2) is 0 Å². The second-order valence-electron chi connectivity index (χ2n) is 12.1. The lowest BCUT2D eigenvalue weighted by Gasteiger charge is -2.64. The maximum Gasteiger partial charge on any atom is 0.305 e. The highest BCUT2D eigenvalue weighted by atomic mass is 16.5. The van der Waals surface area contributed by atoms with Gasteiger partial charge < -0.3 is 14.6 Å². The van der Waals surface area contributed by atoms with Crippen molar-refractivity contribution in [3.8, 4) is 0 Å². The van der Waals surface area contributed by atoms with Gasteiger partial charge >= 0.3 is 11.9 Å². The zero-order chi connectivity index (χ0) is 24.2. The molecule has 186 valence electrons. The van der Waals surface area contributed by atoms with E-state index < -0.39 is 5.60 Å². The number of hydrogen-bond donors (Lipinski definition) is 1. The van der Waals surface area contributed by atoms with Crippen LogP contribution in [0.15, 0.2) is 0 Å². The van der Waals surface area contributed by atoms with Crippen molar-refractivity contribution in [1.29, 1.82) is 0 Å². The molecule has 9 atom stereocenters. The van der Waals surface area contributed by atoms with E-state index in [4.69, 9.17) is 9.47 Å². The fraction of sp³-hybridized carbons (Fsp3) is 0.889. The maximum absolute atomic E-state index is 12.3. The van der Waals surface area contributed by atoms with Crippen molar-refractivity contribution in [2.45, 2.75) is 104 Å². The zero-order valence-electron chi connectivity index (χ0n) is 21.0. The lowest BCUT2D eigenvalue weighted by Crippen LogP contribution is -2.66. The largest absolute Gasteiger partial charge is 0.469 e. The van der Waals surface area contributed by atoms with E-state index in [1.807, 2.05) is 0 Å². The van der Waals surface area contributed by atoms with Crippen LogP contribution in [0.2, 0.25) is 0 Å². The standard InChI is InChI=1S/C27H42O6/c1-16(6-9-23(30)32-5)19-7-8-20-24-21(11-12-25(19,20)3)26(4)13-10-18(29)14-27(26,31)15-22(24)33-17(2)28/h16,19-22,24,31H,6-15H2,1-5H3/t16-,19-,20+,21+,22+,24+,25-,26-,27-/m1/s1. The van der Waals surface area contributed by atoms with Crippen molar-refractivity contribution in [3.05, 3.63) is 0 Å². The zero-order valence-corrected chi connectivity index (χ0v) is 21.0. The predicted molar refractivity (Wildman–Crippen MR) is 123 cm³/mol. The summed E-state index contributed by atoms with van der Waals surface area (Å²) in [5, 5.41) is 11.8. The normalized spacial score (nSPS) is 45.4. The first kappa shape index (κ1) is 24.7. The number of esters is 2. The maximum atomic E-state index is 12.3. The van der Waals surface area contributed by atoms with Crippen LogP contribution in [0.1, 0.15) is 91.9 Å². The quantitative estimate of drug-likeness (QED) is 0.607. The lowest BCUT2D eigenvalue weighted by atomic mass is 9.42. The van der Waals surface area contributed by atoms with Gasteiger partial charge in [0.2, 0.25) is 0 Å². The van der Waals surface area contributed by atoms with E-state index in [1.165, 1.54) is 14.0 Å². The third kappa shape index (κ3) is 3.94. The summed E-state index contributed by atoms with van der Waals surface area (Å²) in [6, 6.07) is 0. The van der Waals surface area contributed by atoms with Gasteiger partial charge in [-0.3, -0.25) is 14.4 Å². The van der Waals surface area contributed by atoms with E-state index in [0.29, 0.717) is 37.0 Å². The molecule has 0 spiro atoms. The molecule has 1 N–H and O–H groups in total. The molecule has 0 radical (unpaired) electrons. The van der Waals surface area contributed by atoms with Gasteiger partial charge in [-0.1, -0.05) is 20.8 Å². The van der Waals surface area contributed by atoms with Crippen molar-refractivity contribution in [3.63, 3.8) is 0 Å². The van der Waals surface area contributed by atoms with Crippen LogP contribution in [0.5, 0.6) is 0 Å². The van der Waals surface area contributed by atoms with Crippen molar-refractivity contribution in [2.75, 3.05) is 7.11 Å². The first-order valence-electron chi connectivity index (χ1n) is 12.9. The number of ether oxygens (including phenoxy) is 2. The topological polar surface area (TPSA) is 89.9 Å². The van der Waals surface area contributed by atoms with Gasteiger partial charge in [0.05, 0.1) is 12.7 Å². The number of methoxy groups -OCH3 is 1. The van der Waals surface area contributed by atoms with Crippen molar-refractivity contribution in [1.82, 2.24) is 0 Å². The number of carbonyl (C=O) groups is 3. The number of aliphatic hydroxyl groups is 1. The fourth-order valence-corrected chi connectivity index (χ4v) is 8.97. The van der Waals surface area contributed by atoms with Crippen molar-refractivity contribution in [2.24, 2.45) is 40.4 Å². The minimum absolute atomic E-state index is 0.121.